The number of carbonyl (C=O) groups excluding carboxylic acids is 2. The molecular weight excluding hydrogens is 583 g/mol. The zero-order valence-electron chi connectivity index (χ0n) is 25.1. The number of rotatable bonds is 14. The zero-order chi connectivity index (χ0) is 30.8. The van der Waals surface area contributed by atoms with Gasteiger partial charge in [-0.1, -0.05) is 62.2 Å². The minimum atomic E-state index is -4.20. The van der Waals surface area contributed by atoms with Crippen LogP contribution < -0.4 is 14.4 Å². The van der Waals surface area contributed by atoms with Crippen molar-refractivity contribution in [2.24, 2.45) is 0 Å². The van der Waals surface area contributed by atoms with Gasteiger partial charge in [0.25, 0.3) is 10.0 Å². The smallest absolute Gasteiger partial charge is 0.264 e. The molecule has 10 heteroatoms. The number of para-hydroxylation sites is 2. The molecule has 230 valence electrons. The second-order valence-corrected chi connectivity index (χ2v) is 13.3. The molecule has 0 bridgehead atoms. The Morgan fingerprint density at radius 2 is 1.60 bits per heavy atom. The second-order valence-electron chi connectivity index (χ2n) is 10.5. The van der Waals surface area contributed by atoms with Gasteiger partial charge < -0.3 is 15.0 Å². The molecule has 1 atom stereocenters. The minimum absolute atomic E-state index is 0.0602. The number of nitrogens with zero attached hydrogens (tertiary/aromatic N) is 2. The van der Waals surface area contributed by atoms with E-state index in [0.29, 0.717) is 18.8 Å². The number of nitrogens with one attached hydrogen (secondary N) is 1. The average molecular weight is 624 g/mol. The third kappa shape index (κ3) is 8.12. The van der Waals surface area contributed by atoms with Gasteiger partial charge in [-0.3, -0.25) is 13.9 Å². The quantitative estimate of drug-likeness (QED) is 0.226. The molecule has 3 aromatic rings. The number of anilines is 1. The third-order valence-corrected chi connectivity index (χ3v) is 10.2. The first-order valence-corrected chi connectivity index (χ1v) is 17.5. The monoisotopic (exact) mass is 623 g/mol. The molecule has 0 radical (unpaired) electrons. The molecule has 1 N–H and O–H groups in total. The summed E-state index contributed by atoms with van der Waals surface area (Å²) < 4.78 is 35.4. The molecule has 0 heterocycles. The van der Waals surface area contributed by atoms with Gasteiger partial charge in [0.15, 0.2) is 0 Å². The summed E-state index contributed by atoms with van der Waals surface area (Å²) in [6.07, 6.45) is 6.28. The third-order valence-electron chi connectivity index (χ3n) is 7.64. The molecule has 0 aliphatic heterocycles. The number of hydrogen-bond donors (Lipinski definition) is 1. The Morgan fingerprint density at radius 3 is 2.23 bits per heavy atom. The zero-order valence-corrected chi connectivity index (χ0v) is 26.7. The molecule has 1 aliphatic rings. The fourth-order valence-corrected chi connectivity index (χ4v) is 7.23. The summed E-state index contributed by atoms with van der Waals surface area (Å²) in [5, 5.41) is 3.14. The standard InChI is InChI=1S/C33H41N3O5S2/c1-4-29(33(38)34-26-15-9-10-16-26)35(23-25-13-7-6-8-14-25)32(37)24-36(30-17-11-12-18-31(30)41-5-2)43(39,40)28-21-19-27(42-3)20-22-28/h6-8,11-14,17-22,26,29H,4-5,9-10,15-16,23-24H2,1-3H3,(H,34,38)/t29-/m1/s1. The normalized spacial score (nSPS) is 14.2. The van der Waals surface area contributed by atoms with E-state index in [9.17, 15) is 18.0 Å². The molecule has 43 heavy (non-hydrogen) atoms. The molecule has 4 rings (SSSR count). The second kappa shape index (κ2) is 15.3. The molecule has 1 aliphatic carbocycles. The summed E-state index contributed by atoms with van der Waals surface area (Å²) in [7, 11) is -4.20. The molecule has 1 fully saturated rings. The van der Waals surface area contributed by atoms with E-state index in [-0.39, 0.29) is 29.1 Å². The number of hydrogen-bond acceptors (Lipinski definition) is 6. The fourth-order valence-electron chi connectivity index (χ4n) is 5.40. The molecule has 8 nitrogen and oxygen atoms in total. The van der Waals surface area contributed by atoms with Crippen molar-refractivity contribution in [3.05, 3.63) is 84.4 Å². The highest BCUT2D eigenvalue weighted by Crippen LogP contribution is 2.33. The molecular formula is C33H41N3O5S2. The van der Waals surface area contributed by atoms with Crippen LogP contribution in [0.1, 0.15) is 51.5 Å². The average Bonchev–Trinajstić information content (AvgIpc) is 3.53. The minimum Gasteiger partial charge on any atom is -0.492 e. The summed E-state index contributed by atoms with van der Waals surface area (Å²) in [5.41, 5.74) is 1.11. The van der Waals surface area contributed by atoms with Crippen molar-refractivity contribution in [3.63, 3.8) is 0 Å². The Labute approximate surface area is 259 Å². The molecule has 2 amide bonds. The first-order valence-electron chi connectivity index (χ1n) is 14.8. The molecule has 3 aromatic carbocycles. The Bertz CT molecular complexity index is 1460. The van der Waals surface area contributed by atoms with Crippen molar-refractivity contribution >= 4 is 39.3 Å². The van der Waals surface area contributed by atoms with E-state index < -0.39 is 28.5 Å². The van der Waals surface area contributed by atoms with Gasteiger partial charge in [0.2, 0.25) is 11.8 Å². The van der Waals surface area contributed by atoms with E-state index >= 15 is 0 Å². The molecule has 1 saturated carbocycles. The predicted molar refractivity (Wildman–Crippen MR) is 172 cm³/mol. The number of thioether (sulfide) groups is 1. The number of ether oxygens (including phenoxy) is 1. The first kappa shape index (κ1) is 32.4. The summed E-state index contributed by atoms with van der Waals surface area (Å²) in [5.74, 6) is -0.342. The van der Waals surface area contributed by atoms with Crippen LogP contribution in [-0.4, -0.2) is 56.6 Å². The Kier molecular flexibility index (Phi) is 11.5. The van der Waals surface area contributed by atoms with Crippen molar-refractivity contribution in [2.75, 3.05) is 23.7 Å². The predicted octanol–water partition coefficient (Wildman–Crippen LogP) is 5.87. The van der Waals surface area contributed by atoms with Crippen LogP contribution in [0.15, 0.2) is 88.7 Å². The van der Waals surface area contributed by atoms with Crippen LogP contribution in [0.5, 0.6) is 5.75 Å². The van der Waals surface area contributed by atoms with Gasteiger partial charge in [0.1, 0.15) is 18.3 Å². The van der Waals surface area contributed by atoms with Gasteiger partial charge in [0, 0.05) is 17.5 Å². The maximum Gasteiger partial charge on any atom is 0.264 e. The lowest BCUT2D eigenvalue weighted by Gasteiger charge is -2.34. The highest BCUT2D eigenvalue weighted by molar-refractivity contribution is 7.98. The van der Waals surface area contributed by atoms with Gasteiger partial charge in [-0.25, -0.2) is 8.42 Å². The van der Waals surface area contributed by atoms with Crippen LogP contribution in [0, 0.1) is 0 Å². The highest BCUT2D eigenvalue weighted by Gasteiger charge is 2.35. The number of benzene rings is 3. The molecule has 0 spiro atoms. The van der Waals surface area contributed by atoms with Crippen LogP contribution in [0.2, 0.25) is 0 Å². The van der Waals surface area contributed by atoms with Crippen LogP contribution in [0.3, 0.4) is 0 Å². The summed E-state index contributed by atoms with van der Waals surface area (Å²) in [4.78, 5) is 30.4. The van der Waals surface area contributed by atoms with Gasteiger partial charge in [0.05, 0.1) is 17.2 Å². The summed E-state index contributed by atoms with van der Waals surface area (Å²) >= 11 is 1.51. The topological polar surface area (TPSA) is 96.0 Å². The van der Waals surface area contributed by atoms with Crippen molar-refractivity contribution in [3.8, 4) is 5.75 Å². The largest absolute Gasteiger partial charge is 0.492 e. The van der Waals surface area contributed by atoms with Gasteiger partial charge in [-0.2, -0.15) is 0 Å². The highest BCUT2D eigenvalue weighted by atomic mass is 32.2. The number of carbonyl (C=O) groups is 2. The van der Waals surface area contributed by atoms with Gasteiger partial charge >= 0.3 is 0 Å². The SMILES string of the molecule is CCOc1ccccc1N(CC(=O)N(Cc1ccccc1)[C@H](CC)C(=O)NC1CCCC1)S(=O)(=O)c1ccc(SC)cc1. The molecule has 0 aromatic heterocycles. The first-order chi connectivity index (χ1) is 20.8. The van der Waals surface area contributed by atoms with Crippen molar-refractivity contribution in [2.45, 2.75) is 74.4 Å². The number of amides is 2. The maximum atomic E-state index is 14.3. The van der Waals surface area contributed by atoms with E-state index in [4.69, 9.17) is 4.74 Å². The van der Waals surface area contributed by atoms with Gasteiger partial charge in [-0.05, 0) is 74.4 Å². The lowest BCUT2D eigenvalue weighted by atomic mass is 10.1. The maximum absolute atomic E-state index is 14.3. The van der Waals surface area contributed by atoms with Gasteiger partial charge in [-0.15, -0.1) is 11.8 Å². The lowest BCUT2D eigenvalue weighted by molar-refractivity contribution is -0.140. The summed E-state index contributed by atoms with van der Waals surface area (Å²) in [6.45, 7) is 3.67. The fraction of sp³-hybridized carbons (Fsp3) is 0.394. The Balaban J connectivity index is 1.74. The van der Waals surface area contributed by atoms with E-state index in [0.717, 1.165) is 40.4 Å². The van der Waals surface area contributed by atoms with Crippen molar-refractivity contribution < 1.29 is 22.7 Å². The Hall–Kier alpha value is -3.50. The van der Waals surface area contributed by atoms with E-state index in [1.807, 2.05) is 50.4 Å². The molecule has 0 saturated heterocycles. The van der Waals surface area contributed by atoms with E-state index in [2.05, 4.69) is 5.32 Å². The van der Waals surface area contributed by atoms with E-state index in [1.54, 1.807) is 48.5 Å². The lowest BCUT2D eigenvalue weighted by Crippen LogP contribution is -2.53. The summed E-state index contributed by atoms with van der Waals surface area (Å²) in [6, 6.07) is 22.2. The molecule has 0 unspecified atom stereocenters. The number of sulfonamides is 1. The van der Waals surface area contributed by atoms with Crippen LogP contribution >= 0.6 is 11.8 Å². The Morgan fingerprint density at radius 1 is 0.953 bits per heavy atom. The van der Waals surface area contributed by atoms with Crippen LogP contribution in [-0.2, 0) is 26.2 Å². The van der Waals surface area contributed by atoms with E-state index in [1.165, 1.54) is 16.7 Å². The van der Waals surface area contributed by atoms with Crippen molar-refractivity contribution in [1.29, 1.82) is 0 Å². The van der Waals surface area contributed by atoms with Crippen LogP contribution in [0.25, 0.3) is 0 Å². The van der Waals surface area contributed by atoms with Crippen LogP contribution in [0.4, 0.5) is 5.69 Å². The van der Waals surface area contributed by atoms with Crippen molar-refractivity contribution in [1.82, 2.24) is 10.2 Å².